The normalized spacial score (nSPS) is 24.8. The van der Waals surface area contributed by atoms with Gasteiger partial charge < -0.3 is 9.64 Å². The van der Waals surface area contributed by atoms with E-state index < -0.39 is 0 Å². The largest absolute Gasteiger partial charge is 0.493 e. The zero-order chi connectivity index (χ0) is 11.5. The van der Waals surface area contributed by atoms with E-state index in [4.69, 9.17) is 16.3 Å². The monoisotopic (exact) mass is 240 g/mol. The summed E-state index contributed by atoms with van der Waals surface area (Å²) in [5, 5.41) is 0. The molecule has 2 rings (SSSR count). The summed E-state index contributed by atoms with van der Waals surface area (Å²) in [5.41, 5.74) is 0. The number of anilines is 1. The molecule has 1 aliphatic rings. The number of pyridine rings is 1. The van der Waals surface area contributed by atoms with Crippen molar-refractivity contribution in [2.24, 2.45) is 5.92 Å². The average molecular weight is 241 g/mol. The van der Waals surface area contributed by atoms with Crippen LogP contribution in [0.5, 0.6) is 5.75 Å². The van der Waals surface area contributed by atoms with Crippen LogP contribution in [0.3, 0.4) is 0 Å². The van der Waals surface area contributed by atoms with Gasteiger partial charge >= 0.3 is 0 Å². The van der Waals surface area contributed by atoms with E-state index in [-0.39, 0.29) is 0 Å². The van der Waals surface area contributed by atoms with Crippen LogP contribution in [0.1, 0.15) is 13.3 Å². The molecule has 0 aliphatic carbocycles. The van der Waals surface area contributed by atoms with Crippen molar-refractivity contribution in [3.05, 3.63) is 18.3 Å². The van der Waals surface area contributed by atoms with Crippen molar-refractivity contribution in [2.75, 3.05) is 24.4 Å². The van der Waals surface area contributed by atoms with E-state index in [1.54, 1.807) is 13.3 Å². The summed E-state index contributed by atoms with van der Waals surface area (Å²) in [6, 6.07) is 4.19. The third-order valence-corrected chi connectivity index (χ3v) is 3.60. The smallest absolute Gasteiger partial charge is 0.171 e. The van der Waals surface area contributed by atoms with Crippen molar-refractivity contribution in [2.45, 2.75) is 19.4 Å². The van der Waals surface area contributed by atoms with E-state index in [1.807, 2.05) is 12.1 Å². The van der Waals surface area contributed by atoms with Gasteiger partial charge in [-0.15, -0.1) is 11.6 Å². The molecule has 0 bridgehead atoms. The van der Waals surface area contributed by atoms with Gasteiger partial charge in [-0.2, -0.15) is 0 Å². The number of ether oxygens (including phenoxy) is 1. The molecule has 2 heterocycles. The summed E-state index contributed by atoms with van der Waals surface area (Å²) >= 11 is 6.03. The van der Waals surface area contributed by atoms with Crippen LogP contribution in [0.25, 0.3) is 0 Å². The van der Waals surface area contributed by atoms with Crippen molar-refractivity contribution in [1.29, 1.82) is 0 Å². The lowest BCUT2D eigenvalue weighted by Crippen LogP contribution is -2.34. The summed E-state index contributed by atoms with van der Waals surface area (Å²) < 4.78 is 5.34. The van der Waals surface area contributed by atoms with Gasteiger partial charge in [-0.3, -0.25) is 0 Å². The maximum atomic E-state index is 6.03. The van der Waals surface area contributed by atoms with E-state index >= 15 is 0 Å². The number of alkyl halides is 1. The summed E-state index contributed by atoms with van der Waals surface area (Å²) in [6.07, 6.45) is 2.96. The molecule has 0 radical (unpaired) electrons. The third kappa shape index (κ3) is 1.96. The summed E-state index contributed by atoms with van der Waals surface area (Å²) in [5.74, 6) is 3.00. The van der Waals surface area contributed by atoms with Crippen molar-refractivity contribution in [1.82, 2.24) is 4.98 Å². The van der Waals surface area contributed by atoms with E-state index in [2.05, 4.69) is 16.8 Å². The molecule has 1 aromatic rings. The first-order chi connectivity index (χ1) is 7.77. The standard InChI is InChI=1S/C12H17ClN2O/c1-9-5-7-15(10(9)8-13)12-11(16-2)4-3-6-14-12/h3-4,6,9-10H,5,7-8H2,1-2H3. The number of halogens is 1. The number of nitrogens with zero attached hydrogens (tertiary/aromatic N) is 2. The lowest BCUT2D eigenvalue weighted by atomic mass is 10.1. The molecule has 88 valence electrons. The predicted octanol–water partition coefficient (Wildman–Crippen LogP) is 2.54. The first-order valence-corrected chi connectivity index (χ1v) is 6.13. The fourth-order valence-corrected chi connectivity index (χ4v) is 2.73. The van der Waals surface area contributed by atoms with Gasteiger partial charge in [0, 0.05) is 24.7 Å². The lowest BCUT2D eigenvalue weighted by molar-refractivity contribution is 0.411. The molecule has 2 unspecified atom stereocenters. The average Bonchev–Trinajstić information content (AvgIpc) is 2.70. The van der Waals surface area contributed by atoms with Crippen LogP contribution in [0.2, 0.25) is 0 Å². The number of methoxy groups -OCH3 is 1. The van der Waals surface area contributed by atoms with Crippen LogP contribution in [0.15, 0.2) is 18.3 Å². The number of rotatable bonds is 3. The van der Waals surface area contributed by atoms with Crippen LogP contribution in [-0.4, -0.2) is 30.6 Å². The maximum absolute atomic E-state index is 6.03. The van der Waals surface area contributed by atoms with Gasteiger partial charge in [0.2, 0.25) is 0 Å². The molecular weight excluding hydrogens is 224 g/mol. The highest BCUT2D eigenvalue weighted by molar-refractivity contribution is 6.18. The van der Waals surface area contributed by atoms with E-state index in [0.29, 0.717) is 17.8 Å². The SMILES string of the molecule is COc1cccnc1N1CCC(C)C1CCl. The first kappa shape index (κ1) is 11.5. The molecule has 1 aromatic heterocycles. The van der Waals surface area contributed by atoms with Crippen LogP contribution in [0.4, 0.5) is 5.82 Å². The molecule has 0 aromatic carbocycles. The fraction of sp³-hybridized carbons (Fsp3) is 0.583. The van der Waals surface area contributed by atoms with Gasteiger partial charge in [0.05, 0.1) is 7.11 Å². The Bertz CT molecular complexity index is 359. The summed E-state index contributed by atoms with van der Waals surface area (Å²) in [4.78, 5) is 6.67. The highest BCUT2D eigenvalue weighted by Gasteiger charge is 2.32. The summed E-state index contributed by atoms with van der Waals surface area (Å²) in [7, 11) is 1.68. The quantitative estimate of drug-likeness (QED) is 0.760. The lowest BCUT2D eigenvalue weighted by Gasteiger charge is -2.27. The third-order valence-electron chi connectivity index (χ3n) is 3.28. The molecule has 0 spiro atoms. The Hall–Kier alpha value is -0.960. The highest BCUT2D eigenvalue weighted by Crippen LogP contribution is 2.34. The fourth-order valence-electron chi connectivity index (χ4n) is 2.26. The van der Waals surface area contributed by atoms with Gasteiger partial charge in [0.15, 0.2) is 11.6 Å². The zero-order valence-corrected chi connectivity index (χ0v) is 10.4. The minimum atomic E-state index is 0.366. The Morgan fingerprint density at radius 3 is 3.12 bits per heavy atom. The molecule has 1 fully saturated rings. The number of hydrogen-bond acceptors (Lipinski definition) is 3. The van der Waals surface area contributed by atoms with Crippen LogP contribution < -0.4 is 9.64 Å². The van der Waals surface area contributed by atoms with Crippen molar-refractivity contribution in [3.63, 3.8) is 0 Å². The zero-order valence-electron chi connectivity index (χ0n) is 9.69. The van der Waals surface area contributed by atoms with Gasteiger partial charge in [-0.25, -0.2) is 4.98 Å². The second-order valence-electron chi connectivity index (χ2n) is 4.21. The molecule has 0 amide bonds. The molecule has 0 N–H and O–H groups in total. The van der Waals surface area contributed by atoms with Gasteiger partial charge in [-0.05, 0) is 24.5 Å². The van der Waals surface area contributed by atoms with E-state index in [1.165, 1.54) is 0 Å². The molecule has 0 saturated carbocycles. The van der Waals surface area contributed by atoms with Gasteiger partial charge in [0.25, 0.3) is 0 Å². The molecule has 1 aliphatic heterocycles. The van der Waals surface area contributed by atoms with Crippen molar-refractivity contribution >= 4 is 17.4 Å². The molecule has 4 heteroatoms. The molecular formula is C12H17ClN2O. The minimum Gasteiger partial charge on any atom is -0.493 e. The molecule has 3 nitrogen and oxygen atoms in total. The Morgan fingerprint density at radius 1 is 1.62 bits per heavy atom. The Balaban J connectivity index is 2.29. The number of hydrogen-bond donors (Lipinski definition) is 0. The maximum Gasteiger partial charge on any atom is 0.171 e. The Labute approximate surface area is 101 Å². The van der Waals surface area contributed by atoms with Crippen LogP contribution in [-0.2, 0) is 0 Å². The Kier molecular flexibility index (Phi) is 3.54. The van der Waals surface area contributed by atoms with Crippen molar-refractivity contribution in [3.8, 4) is 5.75 Å². The predicted molar refractivity (Wildman–Crippen MR) is 66.4 cm³/mol. The van der Waals surface area contributed by atoms with Crippen LogP contribution >= 0.6 is 11.6 Å². The molecule has 2 atom stereocenters. The second-order valence-corrected chi connectivity index (χ2v) is 4.52. The number of aromatic nitrogens is 1. The summed E-state index contributed by atoms with van der Waals surface area (Å²) in [6.45, 7) is 3.24. The molecule has 1 saturated heterocycles. The van der Waals surface area contributed by atoms with E-state index in [9.17, 15) is 0 Å². The van der Waals surface area contributed by atoms with E-state index in [0.717, 1.165) is 24.5 Å². The van der Waals surface area contributed by atoms with Crippen LogP contribution in [0, 0.1) is 5.92 Å². The van der Waals surface area contributed by atoms with Gasteiger partial charge in [-0.1, -0.05) is 6.92 Å². The minimum absolute atomic E-state index is 0.366. The highest BCUT2D eigenvalue weighted by atomic mass is 35.5. The first-order valence-electron chi connectivity index (χ1n) is 5.59. The van der Waals surface area contributed by atoms with Crippen molar-refractivity contribution < 1.29 is 4.74 Å². The topological polar surface area (TPSA) is 25.4 Å². The Morgan fingerprint density at radius 2 is 2.44 bits per heavy atom. The van der Waals surface area contributed by atoms with Gasteiger partial charge in [0.1, 0.15) is 0 Å². The molecule has 16 heavy (non-hydrogen) atoms. The second kappa shape index (κ2) is 4.91.